The van der Waals surface area contributed by atoms with E-state index >= 15 is 0 Å². The van der Waals surface area contributed by atoms with Crippen molar-refractivity contribution >= 4 is 17.5 Å². The van der Waals surface area contributed by atoms with Crippen molar-refractivity contribution in [1.29, 1.82) is 0 Å². The minimum absolute atomic E-state index is 0.169. The lowest BCUT2D eigenvalue weighted by Crippen LogP contribution is -2.40. The van der Waals surface area contributed by atoms with Crippen molar-refractivity contribution in [2.24, 2.45) is 0 Å². The maximum atomic E-state index is 12.9. The van der Waals surface area contributed by atoms with Crippen LogP contribution in [0.5, 0.6) is 0 Å². The van der Waals surface area contributed by atoms with Crippen molar-refractivity contribution in [2.45, 2.75) is 19.4 Å². The zero-order valence-electron chi connectivity index (χ0n) is 10.5. The first-order chi connectivity index (χ1) is 9.35. The summed E-state index contributed by atoms with van der Waals surface area (Å²) in [5.41, 5.74) is -0.378. The van der Waals surface area contributed by atoms with Crippen LogP contribution in [0.15, 0.2) is 12.1 Å². The number of halogens is 3. The Balaban J connectivity index is 2.69. The summed E-state index contributed by atoms with van der Waals surface area (Å²) in [6.45, 7) is 1.40. The number of amides is 2. The molecular weight excluding hydrogens is 277 g/mol. The van der Waals surface area contributed by atoms with Gasteiger partial charge in [0.25, 0.3) is 0 Å². The van der Waals surface area contributed by atoms with E-state index in [4.69, 9.17) is 5.11 Å². The molecule has 0 saturated heterocycles. The molecule has 0 aromatic heterocycles. The Bertz CT molecular complexity index is 500. The number of hydrogen-bond donors (Lipinski definition) is 3. The fraction of sp³-hybridized carbons (Fsp3) is 0.333. The molecule has 8 heteroatoms. The first-order valence-corrected chi connectivity index (χ1v) is 5.72. The number of carbonyl (C=O) groups is 2. The Hall–Kier alpha value is -2.09. The Morgan fingerprint density at radius 1 is 1.20 bits per heavy atom. The van der Waals surface area contributed by atoms with Gasteiger partial charge < -0.3 is 15.7 Å². The molecule has 0 fully saturated rings. The van der Waals surface area contributed by atoms with Crippen LogP contribution < -0.4 is 10.6 Å². The van der Waals surface area contributed by atoms with Gasteiger partial charge in [-0.2, -0.15) is 0 Å². The molecule has 0 saturated carbocycles. The van der Waals surface area contributed by atoms with Gasteiger partial charge in [0.2, 0.25) is 0 Å². The number of rotatable bonds is 4. The summed E-state index contributed by atoms with van der Waals surface area (Å²) in [6.07, 6.45) is 0.249. The van der Waals surface area contributed by atoms with Crippen LogP contribution in [0.4, 0.5) is 18.9 Å². The highest BCUT2D eigenvalue weighted by atomic mass is 19.2. The first-order valence-electron chi connectivity index (χ1n) is 5.72. The summed E-state index contributed by atoms with van der Waals surface area (Å²) in [5, 5.41) is 12.8. The SMILES string of the molecule is C[C@H](CCO)NC(=O)C(=O)Nc1cc(F)c(F)c(F)c1. The summed E-state index contributed by atoms with van der Waals surface area (Å²) in [4.78, 5) is 22.8. The molecule has 0 unspecified atom stereocenters. The monoisotopic (exact) mass is 290 g/mol. The van der Waals surface area contributed by atoms with Crippen molar-refractivity contribution in [2.75, 3.05) is 11.9 Å². The normalized spacial score (nSPS) is 11.8. The van der Waals surface area contributed by atoms with Gasteiger partial charge in [0, 0.05) is 30.5 Å². The van der Waals surface area contributed by atoms with Crippen LogP contribution in [-0.4, -0.2) is 29.6 Å². The summed E-state index contributed by atoms with van der Waals surface area (Å²) < 4.78 is 38.5. The van der Waals surface area contributed by atoms with Gasteiger partial charge in [-0.05, 0) is 13.3 Å². The summed E-state index contributed by atoms with van der Waals surface area (Å²) in [6, 6.07) is 0.668. The second-order valence-electron chi connectivity index (χ2n) is 4.09. The fourth-order valence-electron chi connectivity index (χ4n) is 1.37. The second-order valence-corrected chi connectivity index (χ2v) is 4.09. The van der Waals surface area contributed by atoms with Gasteiger partial charge in [0.15, 0.2) is 17.5 Å². The standard InChI is InChI=1S/C12H13F3N2O3/c1-6(2-3-18)16-11(19)12(20)17-7-4-8(13)10(15)9(14)5-7/h4-6,18H,2-3H2,1H3,(H,16,19)(H,17,20)/t6-/m1/s1. The molecule has 1 aromatic rings. The minimum atomic E-state index is -1.66. The second kappa shape index (κ2) is 6.90. The molecular formula is C12H13F3N2O3. The van der Waals surface area contributed by atoms with E-state index in [0.717, 1.165) is 0 Å². The third-order valence-corrected chi connectivity index (χ3v) is 2.39. The van der Waals surface area contributed by atoms with Crippen LogP contribution in [0.1, 0.15) is 13.3 Å². The predicted molar refractivity (Wildman–Crippen MR) is 64.3 cm³/mol. The number of benzene rings is 1. The predicted octanol–water partition coefficient (Wildman–Crippen LogP) is 0.929. The van der Waals surface area contributed by atoms with Gasteiger partial charge in [-0.1, -0.05) is 0 Å². The Morgan fingerprint density at radius 3 is 2.25 bits per heavy atom. The number of carbonyl (C=O) groups excluding carboxylic acids is 2. The molecule has 1 aromatic carbocycles. The highest BCUT2D eigenvalue weighted by Gasteiger charge is 2.18. The Kier molecular flexibility index (Phi) is 5.51. The molecule has 2 amide bonds. The van der Waals surface area contributed by atoms with Crippen molar-refractivity contribution in [3.8, 4) is 0 Å². The van der Waals surface area contributed by atoms with Crippen molar-refractivity contribution < 1.29 is 27.9 Å². The zero-order chi connectivity index (χ0) is 15.3. The van der Waals surface area contributed by atoms with E-state index in [1.807, 2.05) is 5.32 Å². The number of nitrogens with one attached hydrogen (secondary N) is 2. The molecule has 0 aliphatic carbocycles. The van der Waals surface area contributed by atoms with Gasteiger partial charge in [-0.25, -0.2) is 13.2 Å². The van der Waals surface area contributed by atoms with Crippen LogP contribution in [0.2, 0.25) is 0 Å². The largest absolute Gasteiger partial charge is 0.396 e. The van der Waals surface area contributed by atoms with Crippen LogP contribution in [0, 0.1) is 17.5 Å². The zero-order valence-corrected chi connectivity index (χ0v) is 10.5. The van der Waals surface area contributed by atoms with Gasteiger partial charge >= 0.3 is 11.8 Å². The maximum Gasteiger partial charge on any atom is 0.313 e. The number of aliphatic hydroxyl groups excluding tert-OH is 1. The van der Waals surface area contributed by atoms with Crippen LogP contribution in [0.3, 0.4) is 0 Å². The van der Waals surface area contributed by atoms with Crippen LogP contribution in [-0.2, 0) is 9.59 Å². The van der Waals surface area contributed by atoms with Gasteiger partial charge in [-0.3, -0.25) is 9.59 Å². The molecule has 0 bridgehead atoms. The van der Waals surface area contributed by atoms with Gasteiger partial charge in [0.05, 0.1) is 0 Å². The molecule has 0 spiro atoms. The topological polar surface area (TPSA) is 78.4 Å². The molecule has 0 radical (unpaired) electrons. The lowest BCUT2D eigenvalue weighted by molar-refractivity contribution is -0.136. The molecule has 110 valence electrons. The molecule has 1 atom stereocenters. The summed E-state index contributed by atoms with van der Waals surface area (Å²) in [5.74, 6) is -6.80. The maximum absolute atomic E-state index is 12.9. The summed E-state index contributed by atoms with van der Waals surface area (Å²) in [7, 11) is 0. The molecule has 0 aliphatic rings. The number of aliphatic hydroxyl groups is 1. The average molecular weight is 290 g/mol. The molecule has 0 aliphatic heterocycles. The van der Waals surface area contributed by atoms with Crippen molar-refractivity contribution in [3.05, 3.63) is 29.6 Å². The first kappa shape index (κ1) is 16.0. The minimum Gasteiger partial charge on any atom is -0.396 e. The highest BCUT2D eigenvalue weighted by Crippen LogP contribution is 2.17. The van der Waals surface area contributed by atoms with Crippen molar-refractivity contribution in [3.63, 3.8) is 0 Å². The van der Waals surface area contributed by atoms with Gasteiger partial charge in [0.1, 0.15) is 0 Å². The summed E-state index contributed by atoms with van der Waals surface area (Å²) >= 11 is 0. The van der Waals surface area contributed by atoms with Gasteiger partial charge in [-0.15, -0.1) is 0 Å². The molecule has 3 N–H and O–H groups in total. The van der Waals surface area contributed by atoms with E-state index in [1.165, 1.54) is 0 Å². The molecule has 1 rings (SSSR count). The smallest absolute Gasteiger partial charge is 0.313 e. The quantitative estimate of drug-likeness (QED) is 0.570. The Labute approximate surface area is 112 Å². The number of hydrogen-bond acceptors (Lipinski definition) is 3. The van der Waals surface area contributed by atoms with Crippen LogP contribution >= 0.6 is 0 Å². The lowest BCUT2D eigenvalue weighted by atomic mass is 10.2. The Morgan fingerprint density at radius 2 is 1.75 bits per heavy atom. The molecule has 5 nitrogen and oxygen atoms in total. The lowest BCUT2D eigenvalue weighted by Gasteiger charge is -2.12. The highest BCUT2D eigenvalue weighted by molar-refractivity contribution is 6.39. The van der Waals surface area contributed by atoms with E-state index in [0.29, 0.717) is 12.1 Å². The van der Waals surface area contributed by atoms with E-state index in [-0.39, 0.29) is 18.7 Å². The molecule has 0 heterocycles. The van der Waals surface area contributed by atoms with E-state index in [1.54, 1.807) is 6.92 Å². The molecule has 20 heavy (non-hydrogen) atoms. The number of anilines is 1. The van der Waals surface area contributed by atoms with E-state index in [9.17, 15) is 22.8 Å². The average Bonchev–Trinajstić information content (AvgIpc) is 2.35. The van der Waals surface area contributed by atoms with Crippen molar-refractivity contribution in [1.82, 2.24) is 5.32 Å². The fourth-order valence-corrected chi connectivity index (χ4v) is 1.37. The third-order valence-electron chi connectivity index (χ3n) is 2.39. The van der Waals surface area contributed by atoms with E-state index < -0.39 is 35.3 Å². The van der Waals surface area contributed by atoms with Crippen LogP contribution in [0.25, 0.3) is 0 Å². The van der Waals surface area contributed by atoms with E-state index in [2.05, 4.69) is 5.32 Å². The third kappa shape index (κ3) is 4.23.